The predicted octanol–water partition coefficient (Wildman–Crippen LogP) is 2.90. The highest BCUT2D eigenvalue weighted by molar-refractivity contribution is 7.89. The Morgan fingerprint density at radius 1 is 1.07 bits per heavy atom. The van der Waals surface area contributed by atoms with E-state index in [2.05, 4.69) is 9.82 Å². The number of rotatable bonds is 6. The molecule has 0 aliphatic heterocycles. The fourth-order valence-electron chi connectivity index (χ4n) is 2.86. The van der Waals surface area contributed by atoms with Crippen molar-refractivity contribution in [1.82, 2.24) is 14.5 Å². The number of nitriles is 1. The molecule has 0 atom stereocenters. The van der Waals surface area contributed by atoms with Gasteiger partial charge < -0.3 is 0 Å². The van der Waals surface area contributed by atoms with Crippen LogP contribution in [0, 0.1) is 25.2 Å². The Kier molecular flexibility index (Phi) is 5.40. The summed E-state index contributed by atoms with van der Waals surface area (Å²) in [5.41, 5.74) is 4.14. The van der Waals surface area contributed by atoms with Crippen molar-refractivity contribution in [1.29, 1.82) is 5.26 Å². The van der Waals surface area contributed by atoms with Crippen LogP contribution in [0.25, 0.3) is 0 Å². The first-order valence-corrected chi connectivity index (χ1v) is 9.95. The van der Waals surface area contributed by atoms with Crippen LogP contribution in [0.1, 0.15) is 28.1 Å². The number of hydrogen-bond acceptors (Lipinski definition) is 4. The van der Waals surface area contributed by atoms with Crippen LogP contribution >= 0.6 is 0 Å². The Bertz CT molecular complexity index is 1080. The van der Waals surface area contributed by atoms with E-state index in [0.29, 0.717) is 12.1 Å². The molecule has 138 valence electrons. The Morgan fingerprint density at radius 2 is 1.74 bits per heavy atom. The molecule has 1 heterocycles. The van der Waals surface area contributed by atoms with Crippen molar-refractivity contribution < 1.29 is 8.42 Å². The van der Waals surface area contributed by atoms with Crippen LogP contribution in [-0.2, 0) is 23.1 Å². The van der Waals surface area contributed by atoms with Crippen LogP contribution in [-0.4, -0.2) is 18.2 Å². The van der Waals surface area contributed by atoms with Gasteiger partial charge in [-0.25, -0.2) is 13.1 Å². The van der Waals surface area contributed by atoms with Gasteiger partial charge in [-0.2, -0.15) is 10.4 Å². The zero-order valence-electron chi connectivity index (χ0n) is 15.2. The van der Waals surface area contributed by atoms with E-state index in [-0.39, 0.29) is 11.4 Å². The van der Waals surface area contributed by atoms with Crippen LogP contribution in [0.15, 0.2) is 59.5 Å². The molecule has 0 amide bonds. The summed E-state index contributed by atoms with van der Waals surface area (Å²) >= 11 is 0. The van der Waals surface area contributed by atoms with Gasteiger partial charge in [-0.1, -0.05) is 30.3 Å². The molecular formula is C20H20N4O2S. The van der Waals surface area contributed by atoms with E-state index in [4.69, 9.17) is 5.26 Å². The summed E-state index contributed by atoms with van der Waals surface area (Å²) in [6.07, 6.45) is 0. The first kappa shape index (κ1) is 18.8. The summed E-state index contributed by atoms with van der Waals surface area (Å²) in [5, 5.41) is 13.4. The van der Waals surface area contributed by atoms with Crippen molar-refractivity contribution in [2.45, 2.75) is 31.8 Å². The number of nitrogens with zero attached hydrogens (tertiary/aromatic N) is 3. The largest absolute Gasteiger partial charge is 0.265 e. The molecule has 1 aromatic heterocycles. The Hall–Kier alpha value is -2.95. The molecule has 0 aliphatic rings. The first-order chi connectivity index (χ1) is 12.9. The lowest BCUT2D eigenvalue weighted by atomic mass is 10.2. The molecule has 0 radical (unpaired) electrons. The molecule has 0 saturated carbocycles. The van der Waals surface area contributed by atoms with E-state index >= 15 is 0 Å². The lowest BCUT2D eigenvalue weighted by Gasteiger charge is -2.08. The van der Waals surface area contributed by atoms with Gasteiger partial charge in [-0.15, -0.1) is 0 Å². The number of benzene rings is 2. The third-order valence-corrected chi connectivity index (χ3v) is 5.86. The molecule has 0 aliphatic carbocycles. The van der Waals surface area contributed by atoms with Gasteiger partial charge in [0.1, 0.15) is 0 Å². The fraction of sp³-hybridized carbons (Fsp3) is 0.200. The second-order valence-electron chi connectivity index (χ2n) is 6.25. The Balaban J connectivity index is 1.76. The van der Waals surface area contributed by atoms with Crippen LogP contribution < -0.4 is 4.72 Å². The quantitative estimate of drug-likeness (QED) is 0.712. The molecule has 0 bridgehead atoms. The lowest BCUT2D eigenvalue weighted by Crippen LogP contribution is -2.23. The van der Waals surface area contributed by atoms with Crippen LogP contribution in [0.5, 0.6) is 0 Å². The van der Waals surface area contributed by atoms with E-state index in [0.717, 1.165) is 22.5 Å². The van der Waals surface area contributed by atoms with Crippen molar-refractivity contribution in [3.63, 3.8) is 0 Å². The second kappa shape index (κ2) is 7.74. The summed E-state index contributed by atoms with van der Waals surface area (Å²) in [7, 11) is -3.66. The molecule has 3 rings (SSSR count). The molecule has 1 N–H and O–H groups in total. The summed E-state index contributed by atoms with van der Waals surface area (Å²) in [6.45, 7) is 4.61. The summed E-state index contributed by atoms with van der Waals surface area (Å²) in [5.74, 6) is 0. The highest BCUT2D eigenvalue weighted by Crippen LogP contribution is 2.16. The molecule has 0 fully saturated rings. The molecule has 0 unspecified atom stereocenters. The van der Waals surface area contributed by atoms with Gasteiger partial charge in [0, 0.05) is 17.8 Å². The maximum absolute atomic E-state index is 12.5. The zero-order chi connectivity index (χ0) is 19.4. The number of aromatic nitrogens is 2. The van der Waals surface area contributed by atoms with Crippen molar-refractivity contribution >= 4 is 10.0 Å². The smallest absolute Gasteiger partial charge is 0.240 e. The molecule has 6 nitrogen and oxygen atoms in total. The summed E-state index contributed by atoms with van der Waals surface area (Å²) < 4.78 is 29.5. The summed E-state index contributed by atoms with van der Waals surface area (Å²) in [6, 6.07) is 17.8. The molecule has 3 aromatic rings. The molecule has 7 heteroatoms. The van der Waals surface area contributed by atoms with Gasteiger partial charge in [0.05, 0.1) is 28.8 Å². The zero-order valence-corrected chi connectivity index (χ0v) is 16.0. The van der Waals surface area contributed by atoms with E-state index < -0.39 is 10.0 Å². The average Bonchev–Trinajstić information content (AvgIpc) is 2.94. The minimum absolute atomic E-state index is 0.133. The van der Waals surface area contributed by atoms with Crippen molar-refractivity contribution in [2.24, 2.45) is 0 Å². The van der Waals surface area contributed by atoms with E-state index in [1.165, 1.54) is 24.3 Å². The standard InChI is InChI=1S/C20H20N4O2S/c1-15-20(16(2)24(23-15)14-18-6-4-3-5-7-18)13-22-27(25,26)19-10-8-17(12-21)9-11-19/h3-11,22H,13-14H2,1-2H3. The topological polar surface area (TPSA) is 87.8 Å². The monoisotopic (exact) mass is 380 g/mol. The van der Waals surface area contributed by atoms with Gasteiger partial charge >= 0.3 is 0 Å². The van der Waals surface area contributed by atoms with Crippen LogP contribution in [0.3, 0.4) is 0 Å². The van der Waals surface area contributed by atoms with E-state index in [1.807, 2.05) is 54.9 Å². The highest BCUT2D eigenvalue weighted by atomic mass is 32.2. The van der Waals surface area contributed by atoms with E-state index in [1.54, 1.807) is 0 Å². The first-order valence-electron chi connectivity index (χ1n) is 8.47. The van der Waals surface area contributed by atoms with Gasteiger partial charge in [0.2, 0.25) is 10.0 Å². The third kappa shape index (κ3) is 4.25. The number of sulfonamides is 1. The van der Waals surface area contributed by atoms with Crippen molar-refractivity contribution in [3.8, 4) is 6.07 Å². The van der Waals surface area contributed by atoms with Gasteiger partial charge in [-0.05, 0) is 43.7 Å². The summed E-state index contributed by atoms with van der Waals surface area (Å²) in [4.78, 5) is 0.133. The molecule has 27 heavy (non-hydrogen) atoms. The van der Waals surface area contributed by atoms with Crippen molar-refractivity contribution in [2.75, 3.05) is 0 Å². The van der Waals surface area contributed by atoms with Crippen molar-refractivity contribution in [3.05, 3.63) is 82.7 Å². The van der Waals surface area contributed by atoms with Gasteiger partial charge in [-0.3, -0.25) is 4.68 Å². The van der Waals surface area contributed by atoms with Crippen LogP contribution in [0.4, 0.5) is 0 Å². The second-order valence-corrected chi connectivity index (χ2v) is 8.02. The SMILES string of the molecule is Cc1nn(Cc2ccccc2)c(C)c1CNS(=O)(=O)c1ccc(C#N)cc1. The lowest BCUT2D eigenvalue weighted by molar-refractivity contribution is 0.581. The van der Waals surface area contributed by atoms with Gasteiger partial charge in [0.15, 0.2) is 0 Å². The van der Waals surface area contributed by atoms with Gasteiger partial charge in [0.25, 0.3) is 0 Å². The predicted molar refractivity (Wildman–Crippen MR) is 102 cm³/mol. The minimum Gasteiger partial charge on any atom is -0.265 e. The normalized spacial score (nSPS) is 11.3. The molecule has 0 spiro atoms. The maximum atomic E-state index is 12.5. The molecule has 0 saturated heterocycles. The number of aryl methyl sites for hydroxylation is 1. The third-order valence-electron chi connectivity index (χ3n) is 4.44. The molecular weight excluding hydrogens is 360 g/mol. The maximum Gasteiger partial charge on any atom is 0.240 e. The molecule has 2 aromatic carbocycles. The number of nitrogens with one attached hydrogen (secondary N) is 1. The Morgan fingerprint density at radius 3 is 2.37 bits per heavy atom. The average molecular weight is 380 g/mol. The Labute approximate surface area is 159 Å². The fourth-order valence-corrected chi connectivity index (χ4v) is 3.85. The minimum atomic E-state index is -3.66. The van der Waals surface area contributed by atoms with E-state index in [9.17, 15) is 8.42 Å². The van der Waals surface area contributed by atoms with Crippen LogP contribution in [0.2, 0.25) is 0 Å². The number of hydrogen-bond donors (Lipinski definition) is 1. The highest BCUT2D eigenvalue weighted by Gasteiger charge is 2.17.